The van der Waals surface area contributed by atoms with Gasteiger partial charge in [-0.05, 0) is 105 Å². The summed E-state index contributed by atoms with van der Waals surface area (Å²) in [5.41, 5.74) is 13.8. The molecule has 2 N–H and O–H groups in total. The van der Waals surface area contributed by atoms with E-state index in [2.05, 4.69) is 33.7 Å². The highest BCUT2D eigenvalue weighted by atomic mass is 32.2. The minimum absolute atomic E-state index is 0.200. The Hall–Kier alpha value is -7.64. The number of aryl methyl sites for hydroxylation is 5. The number of nitrogens with one attached hydrogen (secondary N) is 2. The molecular weight excluding hydrogens is 963 g/mol. The Morgan fingerprint density at radius 2 is 1.16 bits per heavy atom. The Kier molecular flexibility index (Phi) is 12.4. The third kappa shape index (κ3) is 9.73. The van der Waals surface area contributed by atoms with Crippen molar-refractivity contribution in [1.82, 2.24) is 39.0 Å². The maximum Gasteiger partial charge on any atom is 0.256 e. The van der Waals surface area contributed by atoms with Crippen LogP contribution in [0.1, 0.15) is 106 Å². The zero-order valence-corrected chi connectivity index (χ0v) is 43.9. The molecule has 2 unspecified atom stereocenters. The minimum atomic E-state index is -3.71. The van der Waals surface area contributed by atoms with Crippen molar-refractivity contribution in [2.45, 2.75) is 79.1 Å². The van der Waals surface area contributed by atoms with Gasteiger partial charge in [-0.15, -0.1) is 0 Å². The highest BCUT2D eigenvalue weighted by Crippen LogP contribution is 2.39. The average molecular weight is 1020 g/mol. The number of fused-ring (bicyclic) bond motifs is 4. The molecule has 2 atom stereocenters. The fourth-order valence-corrected chi connectivity index (χ4v) is 11.4. The molecule has 0 aliphatic carbocycles. The molecule has 4 aromatic heterocycles. The van der Waals surface area contributed by atoms with Gasteiger partial charge in [0, 0.05) is 68.9 Å². The topological polar surface area (TPSA) is 197 Å². The Balaban J connectivity index is 1.02. The Labute approximate surface area is 425 Å². The summed E-state index contributed by atoms with van der Waals surface area (Å²) in [6.07, 6.45) is 5.48. The number of anilines is 3. The van der Waals surface area contributed by atoms with Gasteiger partial charge in [0.2, 0.25) is 20.0 Å². The van der Waals surface area contributed by atoms with Gasteiger partial charge in [-0.2, -0.15) is 14.7 Å². The lowest BCUT2D eigenvalue weighted by atomic mass is 9.89. The highest BCUT2D eigenvalue weighted by Gasteiger charge is 2.37. The third-order valence-electron chi connectivity index (χ3n) is 13.9. The fraction of sp³-hybridized carbons (Fsp3) is 0.296. The molecule has 2 amide bonds. The summed E-state index contributed by atoms with van der Waals surface area (Å²) in [7, 11) is -3.47. The van der Waals surface area contributed by atoms with Crippen LogP contribution < -0.4 is 14.3 Å². The molecule has 0 radical (unpaired) electrons. The third-order valence-corrected chi connectivity index (χ3v) is 15.0. The van der Waals surface area contributed by atoms with Gasteiger partial charge in [0.25, 0.3) is 11.8 Å². The van der Waals surface area contributed by atoms with E-state index in [9.17, 15) is 26.4 Å². The predicted molar refractivity (Wildman–Crippen MR) is 282 cm³/mol. The first kappa shape index (κ1) is 49.0. The van der Waals surface area contributed by atoms with Gasteiger partial charge in [-0.1, -0.05) is 65.7 Å². The van der Waals surface area contributed by atoms with Crippen LogP contribution in [0.15, 0.2) is 97.2 Å². The summed E-state index contributed by atoms with van der Waals surface area (Å²) < 4.78 is 58.7. The van der Waals surface area contributed by atoms with Crippen molar-refractivity contribution in [3.05, 3.63) is 181 Å². The second kappa shape index (κ2) is 18.4. The number of benzene rings is 4. The number of sulfonamides is 2. The largest absolute Gasteiger partial charge is 0.362 e. The quantitative estimate of drug-likeness (QED) is 0.130. The van der Waals surface area contributed by atoms with Crippen molar-refractivity contribution in [2.24, 2.45) is 0 Å². The molecule has 2 aliphatic rings. The number of carbonyl (C=O) groups is 2. The van der Waals surface area contributed by atoms with Crippen LogP contribution in [0.4, 0.5) is 17.2 Å². The molecule has 17 nitrogen and oxygen atoms in total. The van der Waals surface area contributed by atoms with Gasteiger partial charge in [-0.25, -0.2) is 31.3 Å². The minimum Gasteiger partial charge on any atom is -0.362 e. The standard InChI is InChI=1S/C54H57N11O6S2/c1-31-14-18-44(59-72(8,68)69)42(20-31)53(66)62-29-39-13-11-10-12-37(39)24-49(62)47-27-51-56-35(5)41(52(61(6)7)65(51)58-47)23-36-16-17-38-25-48(46-26-50-55-34(4)33(3)28-64(50)57-46)63(30-40(38)22-36)54(67)43-21-32(2)15-19-45(43)60-73(9,70)71/h10-22,26-28,48-49,59-60H,23-25,29-30H2,1-9H3. The van der Waals surface area contributed by atoms with Gasteiger partial charge in [0.1, 0.15) is 5.82 Å². The van der Waals surface area contributed by atoms with Gasteiger partial charge in [0.05, 0.1) is 58.5 Å². The Morgan fingerprint density at radius 1 is 0.630 bits per heavy atom. The van der Waals surface area contributed by atoms with E-state index >= 15 is 0 Å². The summed E-state index contributed by atoms with van der Waals surface area (Å²) in [5.74, 6) is 0.148. The van der Waals surface area contributed by atoms with Crippen LogP contribution in [-0.2, 0) is 52.4 Å². The summed E-state index contributed by atoms with van der Waals surface area (Å²) >= 11 is 0. The van der Waals surface area contributed by atoms with Gasteiger partial charge in [-0.3, -0.25) is 19.0 Å². The van der Waals surface area contributed by atoms with E-state index in [1.165, 1.54) is 0 Å². The van der Waals surface area contributed by atoms with E-state index in [0.717, 1.165) is 79.8 Å². The molecule has 4 aromatic carbocycles. The van der Waals surface area contributed by atoms with Crippen molar-refractivity contribution >= 4 is 60.3 Å². The molecule has 2 aliphatic heterocycles. The number of amides is 2. The molecule has 73 heavy (non-hydrogen) atoms. The van der Waals surface area contributed by atoms with Gasteiger partial charge >= 0.3 is 0 Å². The lowest BCUT2D eigenvalue weighted by Gasteiger charge is -2.37. The van der Waals surface area contributed by atoms with Crippen LogP contribution in [0, 0.1) is 34.6 Å². The molecule has 0 saturated heterocycles. The molecule has 19 heteroatoms. The second-order valence-corrected chi connectivity index (χ2v) is 23.3. The van der Waals surface area contributed by atoms with Crippen molar-refractivity contribution in [2.75, 3.05) is 41.0 Å². The zero-order valence-electron chi connectivity index (χ0n) is 42.2. The molecule has 376 valence electrons. The number of hydrogen-bond acceptors (Lipinski definition) is 11. The molecule has 0 fully saturated rings. The van der Waals surface area contributed by atoms with Crippen LogP contribution in [0.3, 0.4) is 0 Å². The molecule has 0 spiro atoms. The van der Waals surface area contributed by atoms with Crippen molar-refractivity contribution in [3.63, 3.8) is 0 Å². The summed E-state index contributed by atoms with van der Waals surface area (Å²) in [6.45, 7) is 10.2. The van der Waals surface area contributed by atoms with Crippen LogP contribution in [-0.4, -0.2) is 94.3 Å². The maximum absolute atomic E-state index is 15.0. The number of aromatic nitrogens is 6. The molecular formula is C54H57N11O6S2. The lowest BCUT2D eigenvalue weighted by Crippen LogP contribution is -2.39. The Morgan fingerprint density at radius 3 is 1.75 bits per heavy atom. The first-order valence-corrected chi connectivity index (χ1v) is 27.7. The fourth-order valence-electron chi connectivity index (χ4n) is 10.3. The molecule has 0 bridgehead atoms. The number of hydrogen-bond donors (Lipinski definition) is 2. The monoisotopic (exact) mass is 1020 g/mol. The van der Waals surface area contributed by atoms with Crippen molar-refractivity contribution < 1.29 is 26.4 Å². The molecule has 6 heterocycles. The zero-order chi connectivity index (χ0) is 51.8. The molecule has 10 rings (SSSR count). The van der Waals surface area contributed by atoms with E-state index in [0.29, 0.717) is 48.5 Å². The average Bonchev–Trinajstić information content (AvgIpc) is 3.94. The molecule has 0 saturated carbocycles. The molecule has 8 aromatic rings. The van der Waals surface area contributed by atoms with E-state index in [4.69, 9.17) is 20.2 Å². The van der Waals surface area contributed by atoms with E-state index in [1.807, 2.05) is 94.7 Å². The van der Waals surface area contributed by atoms with E-state index < -0.39 is 32.1 Å². The van der Waals surface area contributed by atoms with Crippen molar-refractivity contribution in [1.29, 1.82) is 0 Å². The first-order chi connectivity index (χ1) is 34.6. The first-order valence-electron chi connectivity index (χ1n) is 23.9. The highest BCUT2D eigenvalue weighted by molar-refractivity contribution is 7.92. The van der Waals surface area contributed by atoms with E-state index in [1.54, 1.807) is 50.7 Å². The van der Waals surface area contributed by atoms with Crippen LogP contribution >= 0.6 is 0 Å². The predicted octanol–water partition coefficient (Wildman–Crippen LogP) is 7.59. The maximum atomic E-state index is 15.0. The number of carbonyl (C=O) groups excluding carboxylic acids is 2. The lowest BCUT2D eigenvalue weighted by molar-refractivity contribution is 0.0627. The SMILES string of the molecule is Cc1ccc(NS(C)(=O)=O)c(C(=O)N2Cc3cc(Cc4c(C)nc5cc(C6Cc7ccccc7CN6C(=O)c6cc(C)ccc6NS(C)(=O)=O)nn5c4N(C)C)ccc3CC2c2cc3nc(C)c(C)cn3n2)c1. The number of nitrogens with zero attached hydrogens (tertiary/aromatic N) is 9. The summed E-state index contributed by atoms with van der Waals surface area (Å²) in [4.78, 5) is 45.2. The number of rotatable bonds is 11. The summed E-state index contributed by atoms with van der Waals surface area (Å²) in [5, 5.41) is 10.2. The van der Waals surface area contributed by atoms with Crippen molar-refractivity contribution in [3.8, 4) is 0 Å². The van der Waals surface area contributed by atoms with Crippen LogP contribution in [0.2, 0.25) is 0 Å². The van der Waals surface area contributed by atoms with Crippen LogP contribution in [0.5, 0.6) is 0 Å². The van der Waals surface area contributed by atoms with Gasteiger partial charge in [0.15, 0.2) is 11.3 Å². The van der Waals surface area contributed by atoms with Gasteiger partial charge < -0.3 is 14.7 Å². The normalized spacial score (nSPS) is 15.8. The summed E-state index contributed by atoms with van der Waals surface area (Å²) in [6, 6.07) is 27.5. The smallest absolute Gasteiger partial charge is 0.256 e. The van der Waals surface area contributed by atoms with E-state index in [-0.39, 0.29) is 40.9 Å². The Bertz CT molecular complexity index is 3770. The van der Waals surface area contributed by atoms with Crippen LogP contribution in [0.25, 0.3) is 11.3 Å². The second-order valence-electron chi connectivity index (χ2n) is 19.8.